The van der Waals surface area contributed by atoms with E-state index in [1.807, 2.05) is 0 Å². The van der Waals surface area contributed by atoms with Crippen LogP contribution in [0, 0.1) is 0 Å². The van der Waals surface area contributed by atoms with Crippen molar-refractivity contribution < 1.29 is 23.0 Å². The van der Waals surface area contributed by atoms with E-state index >= 15 is 0 Å². The van der Waals surface area contributed by atoms with Gasteiger partial charge >= 0.3 is 6.18 Å². The molecule has 4 rings (SSSR count). The van der Waals surface area contributed by atoms with Crippen molar-refractivity contribution >= 4 is 11.0 Å². The van der Waals surface area contributed by atoms with Gasteiger partial charge in [-0.25, -0.2) is 9.97 Å². The first-order valence-corrected chi connectivity index (χ1v) is 9.28. The fourth-order valence-electron chi connectivity index (χ4n) is 3.11. The summed E-state index contributed by atoms with van der Waals surface area (Å²) in [6.07, 6.45) is -1.39. The lowest BCUT2D eigenvalue weighted by atomic mass is 10.1. The predicted octanol–water partition coefficient (Wildman–Crippen LogP) is 4.26. The van der Waals surface area contributed by atoms with Gasteiger partial charge in [0.05, 0.1) is 28.8 Å². The van der Waals surface area contributed by atoms with Gasteiger partial charge in [0.2, 0.25) is 5.88 Å². The molecule has 3 heterocycles. The molecular formula is C22H16F3N3O3. The number of aromatic nitrogens is 3. The van der Waals surface area contributed by atoms with Gasteiger partial charge in [-0.1, -0.05) is 0 Å². The Morgan fingerprint density at radius 1 is 1.03 bits per heavy atom. The van der Waals surface area contributed by atoms with Gasteiger partial charge in [0.25, 0.3) is 0 Å². The molecule has 0 amide bonds. The summed E-state index contributed by atoms with van der Waals surface area (Å²) in [5.74, 6) is 0.340. The summed E-state index contributed by atoms with van der Waals surface area (Å²) in [4.78, 5) is 20.9. The van der Waals surface area contributed by atoms with E-state index in [0.29, 0.717) is 22.3 Å². The van der Waals surface area contributed by atoms with Crippen LogP contribution in [0.5, 0.6) is 11.6 Å². The van der Waals surface area contributed by atoms with E-state index in [1.54, 1.807) is 35.0 Å². The van der Waals surface area contributed by atoms with Gasteiger partial charge in [0.1, 0.15) is 11.4 Å². The molecule has 9 heteroatoms. The third-order valence-electron chi connectivity index (χ3n) is 4.60. The number of hydrogen-bond acceptors (Lipinski definition) is 5. The molecule has 4 aromatic rings. The molecule has 1 aromatic carbocycles. The average molecular weight is 427 g/mol. The zero-order valence-corrected chi connectivity index (χ0v) is 16.0. The topological polar surface area (TPSA) is 77.2 Å². The molecule has 1 N–H and O–H groups in total. The van der Waals surface area contributed by atoms with E-state index < -0.39 is 11.7 Å². The number of aliphatic hydroxyl groups excluding tert-OH is 1. The Labute approximate surface area is 174 Å². The van der Waals surface area contributed by atoms with Crippen LogP contribution < -0.4 is 10.2 Å². The molecule has 0 bridgehead atoms. The third-order valence-corrected chi connectivity index (χ3v) is 4.60. The summed E-state index contributed by atoms with van der Waals surface area (Å²) in [7, 11) is 0. The Morgan fingerprint density at radius 3 is 2.52 bits per heavy atom. The van der Waals surface area contributed by atoms with Crippen molar-refractivity contribution in [3.63, 3.8) is 0 Å². The van der Waals surface area contributed by atoms with Crippen molar-refractivity contribution in [2.24, 2.45) is 0 Å². The fraction of sp³-hybridized carbons (Fsp3) is 0.136. The summed E-state index contributed by atoms with van der Waals surface area (Å²) < 4.78 is 45.7. The van der Waals surface area contributed by atoms with Gasteiger partial charge in [-0.15, -0.1) is 0 Å². The lowest BCUT2D eigenvalue weighted by molar-refractivity contribution is -0.137. The SMILES string of the molecule is O=c1ccn(CCO)c2nc(-c3cccnc3Oc3ccc(C(F)(F)F)cc3)ccc12. The summed E-state index contributed by atoms with van der Waals surface area (Å²) >= 11 is 0. The Hall–Kier alpha value is -3.72. The first-order valence-electron chi connectivity index (χ1n) is 9.28. The maximum atomic E-state index is 12.8. The Bertz CT molecular complexity index is 1290. The van der Waals surface area contributed by atoms with Crippen molar-refractivity contribution in [2.75, 3.05) is 6.61 Å². The van der Waals surface area contributed by atoms with E-state index in [2.05, 4.69) is 9.97 Å². The second kappa shape index (κ2) is 8.19. The molecule has 0 saturated carbocycles. The van der Waals surface area contributed by atoms with E-state index in [9.17, 15) is 23.1 Å². The van der Waals surface area contributed by atoms with Crippen LogP contribution in [0.2, 0.25) is 0 Å². The highest BCUT2D eigenvalue weighted by molar-refractivity contribution is 5.79. The van der Waals surface area contributed by atoms with Gasteiger partial charge in [0.15, 0.2) is 5.43 Å². The fourth-order valence-corrected chi connectivity index (χ4v) is 3.11. The Balaban J connectivity index is 1.74. The number of rotatable bonds is 5. The molecule has 31 heavy (non-hydrogen) atoms. The quantitative estimate of drug-likeness (QED) is 0.515. The van der Waals surface area contributed by atoms with Gasteiger partial charge in [-0.2, -0.15) is 13.2 Å². The molecule has 0 aliphatic carbocycles. The number of fused-ring (bicyclic) bond motifs is 1. The standard InChI is InChI=1S/C22H16F3N3O3/c23-22(24,25)14-3-5-15(6-4-14)31-21-16(2-1-10-26-21)18-8-7-17-19(30)9-11-28(12-13-29)20(17)27-18/h1-11,29H,12-13H2. The minimum Gasteiger partial charge on any atom is -0.438 e. The third kappa shape index (κ3) is 4.26. The molecule has 0 saturated heterocycles. The van der Waals surface area contributed by atoms with Gasteiger partial charge in [0, 0.05) is 25.0 Å². The van der Waals surface area contributed by atoms with E-state index in [-0.39, 0.29) is 30.2 Å². The first-order chi connectivity index (χ1) is 14.9. The van der Waals surface area contributed by atoms with Gasteiger partial charge in [-0.05, 0) is 48.5 Å². The normalized spacial score (nSPS) is 11.6. The maximum absolute atomic E-state index is 12.8. The van der Waals surface area contributed by atoms with Crippen LogP contribution in [0.15, 0.2) is 71.8 Å². The second-order valence-corrected chi connectivity index (χ2v) is 6.64. The van der Waals surface area contributed by atoms with E-state index in [4.69, 9.17) is 4.74 Å². The molecule has 158 valence electrons. The number of benzene rings is 1. The molecule has 0 spiro atoms. The molecule has 6 nitrogen and oxygen atoms in total. The Kier molecular flexibility index (Phi) is 5.43. The highest BCUT2D eigenvalue weighted by atomic mass is 19.4. The Morgan fingerprint density at radius 2 is 1.81 bits per heavy atom. The molecule has 0 aliphatic rings. The number of halogens is 3. The predicted molar refractivity (Wildman–Crippen MR) is 108 cm³/mol. The van der Waals surface area contributed by atoms with Crippen LogP contribution >= 0.6 is 0 Å². The number of nitrogens with zero attached hydrogens (tertiary/aromatic N) is 3. The van der Waals surface area contributed by atoms with Crippen LogP contribution in [0.4, 0.5) is 13.2 Å². The first kappa shape index (κ1) is 20.5. The molecular weight excluding hydrogens is 411 g/mol. The van der Waals surface area contributed by atoms with Crippen molar-refractivity contribution in [3.8, 4) is 22.9 Å². The number of pyridine rings is 3. The highest BCUT2D eigenvalue weighted by Crippen LogP contribution is 2.33. The number of hydrogen-bond donors (Lipinski definition) is 1. The van der Waals surface area contributed by atoms with Crippen molar-refractivity contribution in [3.05, 3.63) is 82.8 Å². The lowest BCUT2D eigenvalue weighted by Crippen LogP contribution is -2.11. The minimum atomic E-state index is -4.44. The van der Waals surface area contributed by atoms with Crippen LogP contribution in [-0.4, -0.2) is 26.2 Å². The monoisotopic (exact) mass is 427 g/mol. The molecule has 0 aliphatic heterocycles. The molecule has 0 atom stereocenters. The average Bonchev–Trinajstić information content (AvgIpc) is 2.76. The number of alkyl halides is 3. The van der Waals surface area contributed by atoms with Crippen molar-refractivity contribution in [2.45, 2.75) is 12.7 Å². The molecule has 0 unspecified atom stereocenters. The largest absolute Gasteiger partial charge is 0.438 e. The smallest absolute Gasteiger partial charge is 0.416 e. The van der Waals surface area contributed by atoms with Gasteiger partial charge < -0.3 is 14.4 Å². The van der Waals surface area contributed by atoms with Gasteiger partial charge in [-0.3, -0.25) is 4.79 Å². The number of ether oxygens (including phenoxy) is 1. The maximum Gasteiger partial charge on any atom is 0.416 e. The highest BCUT2D eigenvalue weighted by Gasteiger charge is 2.30. The van der Waals surface area contributed by atoms with Crippen LogP contribution in [0.1, 0.15) is 5.56 Å². The minimum absolute atomic E-state index is 0.126. The lowest BCUT2D eigenvalue weighted by Gasteiger charge is -2.13. The van der Waals surface area contributed by atoms with E-state index in [1.165, 1.54) is 24.4 Å². The number of aliphatic hydroxyl groups is 1. The zero-order chi connectivity index (χ0) is 22.0. The van der Waals surface area contributed by atoms with Crippen LogP contribution in [0.25, 0.3) is 22.3 Å². The molecule has 0 radical (unpaired) electrons. The summed E-state index contributed by atoms with van der Waals surface area (Å²) in [6.45, 7) is 0.133. The second-order valence-electron chi connectivity index (χ2n) is 6.64. The zero-order valence-electron chi connectivity index (χ0n) is 16.0. The van der Waals surface area contributed by atoms with Crippen molar-refractivity contribution in [1.82, 2.24) is 14.5 Å². The van der Waals surface area contributed by atoms with Crippen molar-refractivity contribution in [1.29, 1.82) is 0 Å². The van der Waals surface area contributed by atoms with Crippen LogP contribution in [0.3, 0.4) is 0 Å². The summed E-state index contributed by atoms with van der Waals surface area (Å²) in [6, 6.07) is 12.3. The summed E-state index contributed by atoms with van der Waals surface area (Å²) in [5.41, 5.74) is 0.370. The summed E-state index contributed by atoms with van der Waals surface area (Å²) in [5, 5.41) is 9.68. The van der Waals surface area contributed by atoms with E-state index in [0.717, 1.165) is 12.1 Å². The molecule has 0 fully saturated rings. The van der Waals surface area contributed by atoms with Crippen LogP contribution in [-0.2, 0) is 12.7 Å². The molecule has 3 aromatic heterocycles.